The van der Waals surface area contributed by atoms with Crippen molar-refractivity contribution in [3.8, 4) is 0 Å². The third-order valence-electron chi connectivity index (χ3n) is 5.17. The van der Waals surface area contributed by atoms with E-state index in [1.807, 2.05) is 32.0 Å². The summed E-state index contributed by atoms with van der Waals surface area (Å²) < 4.78 is 0. The van der Waals surface area contributed by atoms with Gasteiger partial charge in [0.05, 0.1) is 34.3 Å². The monoisotopic (exact) mass is 376 g/mol. The number of anilines is 2. The molecule has 0 spiro atoms. The summed E-state index contributed by atoms with van der Waals surface area (Å²) >= 11 is 0. The van der Waals surface area contributed by atoms with Crippen LogP contribution in [-0.4, -0.2) is 59.0 Å². The van der Waals surface area contributed by atoms with E-state index in [2.05, 4.69) is 37.1 Å². The minimum atomic E-state index is -0.184. The minimum absolute atomic E-state index is 0.184. The summed E-state index contributed by atoms with van der Waals surface area (Å²) in [6.07, 6.45) is 1.71. The minimum Gasteiger partial charge on any atom is -0.354 e. The Kier molecular flexibility index (Phi) is 4.92. The maximum Gasteiger partial charge on any atom is 0.255 e. The first kappa shape index (κ1) is 18.3. The van der Waals surface area contributed by atoms with E-state index in [9.17, 15) is 4.79 Å². The number of carbonyl (C=O) groups is 1. The van der Waals surface area contributed by atoms with Crippen molar-refractivity contribution < 1.29 is 4.79 Å². The fraction of sp³-hybridized carbons (Fsp3) is 0.333. The maximum atomic E-state index is 12.6. The van der Waals surface area contributed by atoms with Crippen LogP contribution in [0, 0.1) is 13.8 Å². The lowest BCUT2D eigenvalue weighted by atomic mass is 10.1. The number of hydrogen-bond donors (Lipinski definition) is 1. The molecular formula is C21H24N6O. The van der Waals surface area contributed by atoms with Crippen LogP contribution in [0.25, 0.3) is 11.0 Å². The molecule has 1 aliphatic rings. The van der Waals surface area contributed by atoms with Crippen molar-refractivity contribution in [1.29, 1.82) is 0 Å². The molecule has 7 heteroatoms. The van der Waals surface area contributed by atoms with Gasteiger partial charge in [-0.1, -0.05) is 0 Å². The maximum absolute atomic E-state index is 12.6. The van der Waals surface area contributed by atoms with Gasteiger partial charge in [0.2, 0.25) is 0 Å². The van der Waals surface area contributed by atoms with Crippen molar-refractivity contribution in [2.24, 2.45) is 0 Å². The molecule has 3 aromatic rings. The normalized spacial score (nSPS) is 15.0. The average Bonchev–Trinajstić information content (AvgIpc) is 2.70. The Morgan fingerprint density at radius 1 is 0.964 bits per heavy atom. The molecule has 4 rings (SSSR count). The van der Waals surface area contributed by atoms with Gasteiger partial charge in [-0.2, -0.15) is 0 Å². The van der Waals surface area contributed by atoms with Crippen molar-refractivity contribution in [2.45, 2.75) is 13.8 Å². The molecule has 1 amide bonds. The number of aryl methyl sites for hydroxylation is 2. The number of aromatic nitrogens is 3. The Bertz CT molecular complexity index is 1010. The van der Waals surface area contributed by atoms with Crippen LogP contribution in [0.4, 0.5) is 11.5 Å². The van der Waals surface area contributed by atoms with Gasteiger partial charge in [0.15, 0.2) is 0 Å². The second-order valence-electron chi connectivity index (χ2n) is 7.25. The average molecular weight is 376 g/mol. The lowest BCUT2D eigenvalue weighted by molar-refractivity contribution is 0.102. The highest BCUT2D eigenvalue weighted by molar-refractivity contribution is 6.05. The zero-order valence-electron chi connectivity index (χ0n) is 16.4. The summed E-state index contributed by atoms with van der Waals surface area (Å²) in [5, 5.41) is 2.91. The Morgan fingerprint density at radius 3 is 2.36 bits per heavy atom. The zero-order valence-corrected chi connectivity index (χ0v) is 16.4. The highest BCUT2D eigenvalue weighted by Gasteiger charge is 2.15. The van der Waals surface area contributed by atoms with Gasteiger partial charge in [-0.3, -0.25) is 4.79 Å². The lowest BCUT2D eigenvalue weighted by Gasteiger charge is -2.33. The van der Waals surface area contributed by atoms with Crippen LogP contribution in [0.2, 0.25) is 0 Å². The fourth-order valence-corrected chi connectivity index (χ4v) is 3.26. The van der Waals surface area contributed by atoms with Crippen molar-refractivity contribution in [3.63, 3.8) is 0 Å². The zero-order chi connectivity index (χ0) is 19.7. The first-order chi connectivity index (χ1) is 13.5. The van der Waals surface area contributed by atoms with Crippen LogP contribution in [-0.2, 0) is 0 Å². The molecule has 0 radical (unpaired) electrons. The second-order valence-corrected chi connectivity index (χ2v) is 7.25. The first-order valence-electron chi connectivity index (χ1n) is 9.45. The highest BCUT2D eigenvalue weighted by Crippen LogP contribution is 2.18. The molecule has 1 saturated heterocycles. The standard InChI is InChI=1S/C21H24N6O/c1-14-15(2)24-19-12-16(4-6-18(19)23-14)21(28)25-17-5-7-20(22-13-17)27-10-8-26(3)9-11-27/h4-7,12-13H,8-11H2,1-3H3,(H,25,28). The van der Waals surface area contributed by atoms with Gasteiger partial charge < -0.3 is 15.1 Å². The van der Waals surface area contributed by atoms with Crippen LogP contribution in [0.1, 0.15) is 21.7 Å². The molecule has 0 unspecified atom stereocenters. The number of rotatable bonds is 3. The molecule has 0 saturated carbocycles. The van der Waals surface area contributed by atoms with Crippen molar-refractivity contribution in [1.82, 2.24) is 19.9 Å². The number of benzene rings is 1. The first-order valence-corrected chi connectivity index (χ1v) is 9.45. The smallest absolute Gasteiger partial charge is 0.255 e. The Labute approximate surface area is 164 Å². The number of nitrogens with zero attached hydrogens (tertiary/aromatic N) is 5. The number of piperazine rings is 1. The number of pyridine rings is 1. The number of amides is 1. The van der Waals surface area contributed by atoms with Crippen LogP contribution in [0.3, 0.4) is 0 Å². The summed E-state index contributed by atoms with van der Waals surface area (Å²) in [7, 11) is 2.13. The van der Waals surface area contributed by atoms with Crippen molar-refractivity contribution in [3.05, 3.63) is 53.5 Å². The Hall–Kier alpha value is -3.06. The molecule has 3 heterocycles. The topological polar surface area (TPSA) is 74.2 Å². The van der Waals surface area contributed by atoms with E-state index in [-0.39, 0.29) is 5.91 Å². The molecule has 1 N–H and O–H groups in total. The van der Waals surface area contributed by atoms with Crippen LogP contribution in [0.5, 0.6) is 0 Å². The van der Waals surface area contributed by atoms with Gasteiger partial charge in [-0.25, -0.2) is 15.0 Å². The number of likely N-dealkylation sites (N-methyl/N-ethyl adjacent to an activating group) is 1. The van der Waals surface area contributed by atoms with E-state index in [1.165, 1.54) is 0 Å². The fourth-order valence-electron chi connectivity index (χ4n) is 3.26. The second kappa shape index (κ2) is 7.52. The number of hydrogen-bond acceptors (Lipinski definition) is 6. The highest BCUT2D eigenvalue weighted by atomic mass is 16.1. The molecule has 1 aromatic carbocycles. The van der Waals surface area contributed by atoms with E-state index in [1.54, 1.807) is 18.3 Å². The molecule has 144 valence electrons. The quantitative estimate of drug-likeness (QED) is 0.758. The molecule has 28 heavy (non-hydrogen) atoms. The summed E-state index contributed by atoms with van der Waals surface area (Å²) in [6, 6.07) is 9.23. The molecule has 1 fully saturated rings. The van der Waals surface area contributed by atoms with Gasteiger partial charge in [0.1, 0.15) is 5.82 Å². The summed E-state index contributed by atoms with van der Waals surface area (Å²) in [4.78, 5) is 30.8. The van der Waals surface area contributed by atoms with Gasteiger partial charge in [-0.05, 0) is 51.2 Å². The van der Waals surface area contributed by atoms with Crippen LogP contribution in [0.15, 0.2) is 36.5 Å². The SMILES string of the molecule is Cc1nc2ccc(C(=O)Nc3ccc(N4CCN(C)CC4)nc3)cc2nc1C. The van der Waals surface area contributed by atoms with Gasteiger partial charge >= 0.3 is 0 Å². The van der Waals surface area contributed by atoms with Crippen molar-refractivity contribution in [2.75, 3.05) is 43.4 Å². The molecule has 7 nitrogen and oxygen atoms in total. The summed E-state index contributed by atoms with van der Waals surface area (Å²) in [5.74, 6) is 0.758. The van der Waals surface area contributed by atoms with Gasteiger partial charge in [0, 0.05) is 31.7 Å². The molecular weight excluding hydrogens is 352 g/mol. The lowest BCUT2D eigenvalue weighted by Crippen LogP contribution is -2.44. The van der Waals surface area contributed by atoms with Gasteiger partial charge in [0.25, 0.3) is 5.91 Å². The molecule has 1 aliphatic heterocycles. The van der Waals surface area contributed by atoms with Crippen LogP contribution < -0.4 is 10.2 Å². The number of carbonyl (C=O) groups excluding carboxylic acids is 1. The summed E-state index contributed by atoms with van der Waals surface area (Å²) in [5.41, 5.74) is 4.50. The van der Waals surface area contributed by atoms with E-state index < -0.39 is 0 Å². The predicted molar refractivity (Wildman–Crippen MR) is 111 cm³/mol. The Balaban J connectivity index is 1.47. The summed E-state index contributed by atoms with van der Waals surface area (Å²) in [6.45, 7) is 7.84. The molecule has 0 bridgehead atoms. The van der Waals surface area contributed by atoms with E-state index in [4.69, 9.17) is 0 Å². The van der Waals surface area contributed by atoms with Gasteiger partial charge in [-0.15, -0.1) is 0 Å². The Morgan fingerprint density at radius 2 is 1.68 bits per heavy atom. The number of nitrogens with one attached hydrogen (secondary N) is 1. The van der Waals surface area contributed by atoms with E-state index in [0.29, 0.717) is 11.3 Å². The van der Waals surface area contributed by atoms with Crippen molar-refractivity contribution >= 4 is 28.4 Å². The number of fused-ring (bicyclic) bond motifs is 1. The third-order valence-corrected chi connectivity index (χ3v) is 5.17. The predicted octanol–water partition coefficient (Wildman–Crippen LogP) is 2.65. The molecule has 2 aromatic heterocycles. The van der Waals surface area contributed by atoms with E-state index in [0.717, 1.165) is 54.4 Å². The third kappa shape index (κ3) is 3.80. The van der Waals surface area contributed by atoms with Crippen LogP contribution >= 0.6 is 0 Å². The van der Waals surface area contributed by atoms with E-state index >= 15 is 0 Å². The largest absolute Gasteiger partial charge is 0.354 e. The molecule has 0 atom stereocenters. The molecule has 0 aliphatic carbocycles.